The van der Waals surface area contributed by atoms with E-state index in [2.05, 4.69) is 6.07 Å². The molecule has 24 heavy (non-hydrogen) atoms. The standard InChI is InChI=1S/C19H21NO3S/c1-14-7-9-18(10-8-14)24(22,23)15(2)19(21)20-12-11-16-5-3-4-6-17(16)13-20/h3-10,15H,11-13H2,1-2H3. The molecule has 0 aliphatic carbocycles. The number of hydrogen-bond acceptors (Lipinski definition) is 3. The van der Waals surface area contributed by atoms with Gasteiger partial charge in [0.1, 0.15) is 5.25 Å². The van der Waals surface area contributed by atoms with Crippen LogP contribution in [0, 0.1) is 6.92 Å². The molecule has 0 spiro atoms. The van der Waals surface area contributed by atoms with Crippen molar-refractivity contribution < 1.29 is 13.2 Å². The molecule has 126 valence electrons. The number of hydrogen-bond donors (Lipinski definition) is 0. The van der Waals surface area contributed by atoms with Crippen LogP contribution < -0.4 is 0 Å². The van der Waals surface area contributed by atoms with Crippen LogP contribution in [0.3, 0.4) is 0 Å². The number of fused-ring (bicyclic) bond motifs is 1. The first-order valence-corrected chi connectivity index (χ1v) is 9.60. The van der Waals surface area contributed by atoms with E-state index in [1.165, 1.54) is 12.5 Å². The van der Waals surface area contributed by atoms with Crippen LogP contribution in [0.1, 0.15) is 23.6 Å². The van der Waals surface area contributed by atoms with Gasteiger partial charge in [-0.15, -0.1) is 0 Å². The molecule has 2 aromatic carbocycles. The van der Waals surface area contributed by atoms with E-state index in [9.17, 15) is 13.2 Å². The molecule has 0 N–H and O–H groups in total. The number of carbonyl (C=O) groups is 1. The number of nitrogens with zero attached hydrogens (tertiary/aromatic N) is 1. The number of aryl methyl sites for hydroxylation is 1. The highest BCUT2D eigenvalue weighted by Crippen LogP contribution is 2.23. The minimum atomic E-state index is -3.67. The van der Waals surface area contributed by atoms with Gasteiger partial charge in [0.15, 0.2) is 9.84 Å². The molecule has 1 heterocycles. The van der Waals surface area contributed by atoms with Gasteiger partial charge in [0, 0.05) is 13.1 Å². The normalized spacial score (nSPS) is 15.7. The topological polar surface area (TPSA) is 54.5 Å². The maximum absolute atomic E-state index is 12.7. The lowest BCUT2D eigenvalue weighted by Crippen LogP contribution is -2.43. The molecule has 5 heteroatoms. The van der Waals surface area contributed by atoms with E-state index in [0.717, 1.165) is 17.5 Å². The average molecular weight is 343 g/mol. The molecule has 1 aliphatic rings. The largest absolute Gasteiger partial charge is 0.337 e. The average Bonchev–Trinajstić information content (AvgIpc) is 2.60. The molecule has 0 aromatic heterocycles. The lowest BCUT2D eigenvalue weighted by molar-refractivity contribution is -0.131. The lowest BCUT2D eigenvalue weighted by atomic mass is 10.00. The Morgan fingerprint density at radius 1 is 1.04 bits per heavy atom. The zero-order valence-corrected chi connectivity index (χ0v) is 14.7. The van der Waals surface area contributed by atoms with Crippen LogP contribution in [-0.2, 0) is 27.6 Å². The molecule has 2 aromatic rings. The van der Waals surface area contributed by atoms with Crippen LogP contribution in [0.2, 0.25) is 0 Å². The molecule has 1 atom stereocenters. The Morgan fingerprint density at radius 3 is 2.33 bits per heavy atom. The first kappa shape index (κ1) is 16.7. The van der Waals surface area contributed by atoms with Crippen LogP contribution in [-0.4, -0.2) is 31.0 Å². The zero-order valence-electron chi connectivity index (χ0n) is 13.9. The highest BCUT2D eigenvalue weighted by Gasteiger charge is 2.34. The van der Waals surface area contributed by atoms with Gasteiger partial charge < -0.3 is 4.90 Å². The van der Waals surface area contributed by atoms with E-state index >= 15 is 0 Å². The SMILES string of the molecule is Cc1ccc(S(=O)(=O)C(C)C(=O)N2CCc3ccccc3C2)cc1. The summed E-state index contributed by atoms with van der Waals surface area (Å²) in [7, 11) is -3.67. The number of amides is 1. The maximum atomic E-state index is 12.7. The summed E-state index contributed by atoms with van der Waals surface area (Å²) in [6.07, 6.45) is 0.763. The summed E-state index contributed by atoms with van der Waals surface area (Å²) >= 11 is 0. The molecule has 4 nitrogen and oxygen atoms in total. The molecular weight excluding hydrogens is 322 g/mol. The summed E-state index contributed by atoms with van der Waals surface area (Å²) < 4.78 is 25.5. The van der Waals surface area contributed by atoms with Crippen molar-refractivity contribution in [2.24, 2.45) is 0 Å². The van der Waals surface area contributed by atoms with Crippen molar-refractivity contribution in [3.63, 3.8) is 0 Å². The summed E-state index contributed by atoms with van der Waals surface area (Å²) in [6, 6.07) is 14.6. The van der Waals surface area contributed by atoms with Gasteiger partial charge in [0.25, 0.3) is 0 Å². The van der Waals surface area contributed by atoms with Crippen molar-refractivity contribution in [1.82, 2.24) is 4.90 Å². The predicted molar refractivity (Wildman–Crippen MR) is 93.4 cm³/mol. The van der Waals surface area contributed by atoms with Crippen LogP contribution >= 0.6 is 0 Å². The summed E-state index contributed by atoms with van der Waals surface area (Å²) in [5.74, 6) is -0.329. The van der Waals surface area contributed by atoms with Gasteiger partial charge in [-0.2, -0.15) is 0 Å². The Labute approximate surface area is 143 Å². The fourth-order valence-electron chi connectivity index (χ4n) is 3.01. The molecule has 1 amide bonds. The molecule has 3 rings (SSSR count). The first-order chi connectivity index (χ1) is 11.4. The predicted octanol–water partition coefficient (Wildman–Crippen LogP) is 2.74. The number of rotatable bonds is 3. The van der Waals surface area contributed by atoms with Gasteiger partial charge >= 0.3 is 0 Å². The highest BCUT2D eigenvalue weighted by molar-refractivity contribution is 7.92. The molecule has 1 aliphatic heterocycles. The van der Waals surface area contributed by atoms with E-state index in [4.69, 9.17) is 0 Å². The lowest BCUT2D eigenvalue weighted by Gasteiger charge is -2.30. The summed E-state index contributed by atoms with van der Waals surface area (Å²) in [5.41, 5.74) is 3.31. The number of benzene rings is 2. The zero-order chi connectivity index (χ0) is 17.3. The Bertz CT molecular complexity index is 856. The van der Waals surface area contributed by atoms with Gasteiger partial charge in [-0.25, -0.2) is 8.42 Å². The Balaban J connectivity index is 1.81. The van der Waals surface area contributed by atoms with Gasteiger partial charge in [-0.1, -0.05) is 42.0 Å². The number of carbonyl (C=O) groups excluding carboxylic acids is 1. The van der Waals surface area contributed by atoms with Crippen LogP contribution in [0.4, 0.5) is 0 Å². The monoisotopic (exact) mass is 343 g/mol. The van der Waals surface area contributed by atoms with E-state index in [0.29, 0.717) is 13.1 Å². The smallest absolute Gasteiger partial charge is 0.241 e. The number of sulfone groups is 1. The molecule has 0 saturated heterocycles. The van der Waals surface area contributed by atoms with Gasteiger partial charge in [-0.05, 0) is 43.5 Å². The Kier molecular flexibility index (Phi) is 4.45. The Hall–Kier alpha value is -2.14. The molecular formula is C19H21NO3S. The van der Waals surface area contributed by atoms with Crippen molar-refractivity contribution in [1.29, 1.82) is 0 Å². The molecule has 0 radical (unpaired) electrons. The third kappa shape index (κ3) is 3.08. The van der Waals surface area contributed by atoms with Crippen molar-refractivity contribution in [2.75, 3.05) is 6.54 Å². The maximum Gasteiger partial charge on any atom is 0.241 e. The third-order valence-electron chi connectivity index (χ3n) is 4.61. The molecule has 1 unspecified atom stereocenters. The van der Waals surface area contributed by atoms with Crippen LogP contribution in [0.25, 0.3) is 0 Å². The van der Waals surface area contributed by atoms with Crippen molar-refractivity contribution >= 4 is 15.7 Å². The van der Waals surface area contributed by atoms with Crippen molar-refractivity contribution in [3.05, 3.63) is 65.2 Å². The van der Waals surface area contributed by atoms with E-state index in [1.807, 2.05) is 25.1 Å². The van der Waals surface area contributed by atoms with Crippen molar-refractivity contribution in [2.45, 2.75) is 37.0 Å². The second-order valence-electron chi connectivity index (χ2n) is 6.28. The quantitative estimate of drug-likeness (QED) is 0.861. The fourth-order valence-corrected chi connectivity index (χ4v) is 4.34. The van der Waals surface area contributed by atoms with Gasteiger partial charge in [-0.3, -0.25) is 4.79 Å². The second kappa shape index (κ2) is 6.40. The van der Waals surface area contributed by atoms with Crippen LogP contribution in [0.5, 0.6) is 0 Å². The molecule has 0 saturated carbocycles. The van der Waals surface area contributed by atoms with Crippen molar-refractivity contribution in [3.8, 4) is 0 Å². The first-order valence-electron chi connectivity index (χ1n) is 8.06. The van der Waals surface area contributed by atoms with Gasteiger partial charge in [0.2, 0.25) is 5.91 Å². The fraction of sp³-hybridized carbons (Fsp3) is 0.316. The van der Waals surface area contributed by atoms with Crippen LogP contribution in [0.15, 0.2) is 53.4 Å². The van der Waals surface area contributed by atoms with Gasteiger partial charge in [0.05, 0.1) is 4.90 Å². The van der Waals surface area contributed by atoms with E-state index < -0.39 is 15.1 Å². The third-order valence-corrected chi connectivity index (χ3v) is 6.67. The minimum Gasteiger partial charge on any atom is -0.337 e. The van der Waals surface area contributed by atoms with E-state index in [-0.39, 0.29) is 10.8 Å². The molecule has 0 fully saturated rings. The summed E-state index contributed by atoms with van der Waals surface area (Å²) in [5, 5.41) is -1.08. The van der Waals surface area contributed by atoms with E-state index in [1.54, 1.807) is 29.2 Å². The highest BCUT2D eigenvalue weighted by atomic mass is 32.2. The Morgan fingerprint density at radius 2 is 1.67 bits per heavy atom. The minimum absolute atomic E-state index is 0.200. The second-order valence-corrected chi connectivity index (χ2v) is 8.55. The molecule has 0 bridgehead atoms. The summed E-state index contributed by atoms with van der Waals surface area (Å²) in [6.45, 7) is 4.42. The summed E-state index contributed by atoms with van der Waals surface area (Å²) in [4.78, 5) is 14.6.